The van der Waals surface area contributed by atoms with Gasteiger partial charge >= 0.3 is 19.2 Å². The number of nitrogens with zero attached hydrogens (tertiary/aromatic N) is 2. The number of carbonyl (C=O) groups is 2. The number of anilines is 1. The second-order valence-electron chi connectivity index (χ2n) is 12.1. The van der Waals surface area contributed by atoms with E-state index in [1.165, 1.54) is 6.92 Å². The number of nitrogens with one attached hydrogen (secondary N) is 1. The van der Waals surface area contributed by atoms with Gasteiger partial charge in [0.1, 0.15) is 12.2 Å². The molecule has 1 aliphatic heterocycles. The van der Waals surface area contributed by atoms with Gasteiger partial charge in [-0.1, -0.05) is 60.2 Å². The fourth-order valence-corrected chi connectivity index (χ4v) is 5.78. The third-order valence-electron chi connectivity index (χ3n) is 7.87. The number of ether oxygens (including phenoxy) is 2. The second-order valence-corrected chi connectivity index (χ2v) is 12.1. The Hall–Kier alpha value is -3.99. The topological polar surface area (TPSA) is 71.1 Å². The summed E-state index contributed by atoms with van der Waals surface area (Å²) in [6, 6.07) is 18.6. The number of halogens is 3. The lowest BCUT2D eigenvalue weighted by Gasteiger charge is -2.36. The van der Waals surface area contributed by atoms with Gasteiger partial charge in [0.05, 0.1) is 0 Å². The normalized spacial score (nSPS) is 15.6. The largest absolute Gasteiger partial charge is 0.509 e. The first kappa shape index (κ1) is 30.5. The Balaban J connectivity index is 1.27. The van der Waals surface area contributed by atoms with Crippen molar-refractivity contribution in [3.05, 3.63) is 82.9 Å². The molecule has 1 N–H and O–H groups in total. The summed E-state index contributed by atoms with van der Waals surface area (Å²) in [6.45, 7) is 3.48. The van der Waals surface area contributed by atoms with Crippen molar-refractivity contribution in [2.24, 2.45) is 0 Å². The molecule has 7 nitrogen and oxygen atoms in total. The van der Waals surface area contributed by atoms with Crippen LogP contribution in [-0.2, 0) is 16.0 Å². The summed E-state index contributed by atoms with van der Waals surface area (Å²) < 4.78 is 53.3. The van der Waals surface area contributed by atoms with Crippen LogP contribution in [0.4, 0.5) is 28.2 Å². The zero-order valence-electron chi connectivity index (χ0n) is 24.8. The Morgan fingerprint density at radius 3 is 2.07 bits per heavy atom. The van der Waals surface area contributed by atoms with Gasteiger partial charge in [0.2, 0.25) is 0 Å². The predicted octanol–water partition coefficient (Wildman–Crippen LogP) is 6.46. The van der Waals surface area contributed by atoms with Crippen molar-refractivity contribution in [1.29, 1.82) is 0 Å². The van der Waals surface area contributed by atoms with Crippen molar-refractivity contribution in [1.82, 2.24) is 9.80 Å². The molecule has 3 aromatic carbocycles. The average molecular weight is 594 g/mol. The molecule has 1 saturated heterocycles. The maximum atomic E-state index is 14.1. The molecule has 0 spiro atoms. The van der Waals surface area contributed by atoms with E-state index in [2.05, 4.69) is 5.32 Å². The molecule has 1 aliphatic carbocycles. The van der Waals surface area contributed by atoms with E-state index in [4.69, 9.17) is 9.47 Å². The van der Waals surface area contributed by atoms with Gasteiger partial charge in [-0.25, -0.2) is 9.59 Å². The van der Waals surface area contributed by atoms with Crippen LogP contribution in [0.2, 0.25) is 0 Å². The van der Waals surface area contributed by atoms with Crippen LogP contribution >= 0.6 is 0 Å². The molecule has 1 heterocycles. The number of hydrogen-bond acceptors (Lipinski definition) is 5. The molecule has 0 aromatic heterocycles. The number of carbonyl (C=O) groups excluding carboxylic acids is 2. The summed E-state index contributed by atoms with van der Waals surface area (Å²) in [5, 5.41) is 2.58. The van der Waals surface area contributed by atoms with Gasteiger partial charge in [0.15, 0.2) is 0 Å². The van der Waals surface area contributed by atoms with E-state index in [0.29, 0.717) is 31.7 Å². The summed E-state index contributed by atoms with van der Waals surface area (Å²) in [5.74, 6) is -0.168. The summed E-state index contributed by atoms with van der Waals surface area (Å²) in [7, 11) is 0. The van der Waals surface area contributed by atoms with Crippen LogP contribution in [0.3, 0.4) is 0 Å². The van der Waals surface area contributed by atoms with Gasteiger partial charge in [0, 0.05) is 44.3 Å². The number of hydrogen-bond donors (Lipinski definition) is 1. The van der Waals surface area contributed by atoms with Crippen molar-refractivity contribution in [2.75, 3.05) is 38.1 Å². The van der Waals surface area contributed by atoms with E-state index in [0.717, 1.165) is 28.3 Å². The highest BCUT2D eigenvalue weighted by Gasteiger charge is 2.32. The standard InChI is InChI=1S/C32H36BF3N3O4/c1-21-28(33(34,35)36)17-22(19-38-13-15-39(16-14-38)31(41)43-32(2,3)4)18-29(21)37-30(40)42-20-27-25-11-7-5-9-23(25)24-10-6-8-12-26(24)27/h5-12,17-18,27H,13-16,19-20H2,1-4H3,(H,37,40)/q-1. The van der Waals surface area contributed by atoms with Crippen LogP contribution < -0.4 is 10.8 Å². The predicted molar refractivity (Wildman–Crippen MR) is 162 cm³/mol. The number of benzene rings is 3. The second kappa shape index (κ2) is 12.0. The van der Waals surface area contributed by atoms with Crippen molar-refractivity contribution in [3.63, 3.8) is 0 Å². The number of fused-ring (bicyclic) bond motifs is 3. The fourth-order valence-electron chi connectivity index (χ4n) is 5.78. The Kier molecular flexibility index (Phi) is 8.47. The molecule has 228 valence electrons. The van der Waals surface area contributed by atoms with Gasteiger partial charge in [-0.2, -0.15) is 0 Å². The zero-order valence-corrected chi connectivity index (χ0v) is 24.8. The molecular weight excluding hydrogens is 558 g/mol. The first-order chi connectivity index (χ1) is 20.3. The third-order valence-corrected chi connectivity index (χ3v) is 7.87. The number of rotatable bonds is 6. The Morgan fingerprint density at radius 2 is 1.51 bits per heavy atom. The minimum Gasteiger partial charge on any atom is -0.448 e. The van der Waals surface area contributed by atoms with Gasteiger partial charge in [-0.05, 0) is 61.6 Å². The van der Waals surface area contributed by atoms with E-state index >= 15 is 0 Å². The molecule has 0 atom stereocenters. The third kappa shape index (κ3) is 6.99. The van der Waals surface area contributed by atoms with Crippen LogP contribution in [0.15, 0.2) is 60.7 Å². The molecule has 2 aliphatic rings. The summed E-state index contributed by atoms with van der Waals surface area (Å²) in [6.07, 6.45) is -1.21. The van der Waals surface area contributed by atoms with E-state index in [1.54, 1.807) is 31.7 Å². The molecule has 5 rings (SSSR count). The molecule has 0 saturated carbocycles. The van der Waals surface area contributed by atoms with E-state index < -0.39 is 30.2 Å². The molecule has 0 bridgehead atoms. The van der Waals surface area contributed by atoms with Crippen molar-refractivity contribution in [3.8, 4) is 11.1 Å². The molecular formula is C32H36BF3N3O4-. The fraction of sp³-hybridized carbons (Fsp3) is 0.375. The van der Waals surface area contributed by atoms with Crippen LogP contribution in [0.1, 0.15) is 48.9 Å². The summed E-state index contributed by atoms with van der Waals surface area (Å²) in [4.78, 5) is 28.9. The Bertz CT molecular complexity index is 1470. The summed E-state index contributed by atoms with van der Waals surface area (Å²) >= 11 is 0. The lowest BCUT2D eigenvalue weighted by atomic mass is 9.75. The monoisotopic (exact) mass is 594 g/mol. The first-order valence-electron chi connectivity index (χ1n) is 14.5. The highest BCUT2D eigenvalue weighted by molar-refractivity contribution is 6.74. The molecule has 43 heavy (non-hydrogen) atoms. The zero-order chi connectivity index (χ0) is 30.9. The maximum Gasteiger partial charge on any atom is 0.509 e. The summed E-state index contributed by atoms with van der Waals surface area (Å²) in [5.41, 5.74) is 3.32. The Morgan fingerprint density at radius 1 is 0.930 bits per heavy atom. The lowest BCUT2D eigenvalue weighted by molar-refractivity contribution is 0.0139. The van der Waals surface area contributed by atoms with Crippen LogP contribution in [-0.4, -0.2) is 67.4 Å². The van der Waals surface area contributed by atoms with Gasteiger partial charge < -0.3 is 27.3 Å². The van der Waals surface area contributed by atoms with Gasteiger partial charge in [-0.15, -0.1) is 5.46 Å². The quantitative estimate of drug-likeness (QED) is 0.332. The molecule has 2 amide bonds. The van der Waals surface area contributed by atoms with Crippen LogP contribution in [0.25, 0.3) is 11.1 Å². The minimum atomic E-state index is -5.32. The van der Waals surface area contributed by atoms with Crippen molar-refractivity contribution >= 4 is 30.3 Å². The lowest BCUT2D eigenvalue weighted by Crippen LogP contribution is -2.49. The Labute approximate surface area is 250 Å². The molecule has 1 fully saturated rings. The van der Waals surface area contributed by atoms with Crippen LogP contribution in [0.5, 0.6) is 0 Å². The van der Waals surface area contributed by atoms with E-state index in [1.807, 2.05) is 53.4 Å². The number of piperazine rings is 1. The molecule has 0 unspecified atom stereocenters. The van der Waals surface area contributed by atoms with Crippen molar-refractivity contribution in [2.45, 2.75) is 45.8 Å². The van der Waals surface area contributed by atoms with Crippen molar-refractivity contribution < 1.29 is 32.0 Å². The molecule has 11 heteroatoms. The maximum absolute atomic E-state index is 14.1. The molecule has 0 radical (unpaired) electrons. The van der Waals surface area contributed by atoms with Gasteiger partial charge in [-0.3, -0.25) is 10.2 Å². The SMILES string of the molecule is Cc1c(NC(=O)OCC2c3ccccc3-c3ccccc32)cc(CN2CCN(C(=O)OC(C)(C)C)CC2)cc1[B-](F)(F)F. The highest BCUT2D eigenvalue weighted by atomic mass is 19.4. The van der Waals surface area contributed by atoms with E-state index in [9.17, 15) is 22.5 Å². The number of amides is 2. The van der Waals surface area contributed by atoms with Crippen LogP contribution in [0, 0.1) is 6.92 Å². The van der Waals surface area contributed by atoms with E-state index in [-0.39, 0.29) is 30.3 Å². The minimum absolute atomic E-state index is 0.0522. The smallest absolute Gasteiger partial charge is 0.448 e. The average Bonchev–Trinajstić information content (AvgIpc) is 3.26. The molecule has 3 aromatic rings. The highest BCUT2D eigenvalue weighted by Crippen LogP contribution is 2.44. The first-order valence-corrected chi connectivity index (χ1v) is 14.5. The van der Waals surface area contributed by atoms with Gasteiger partial charge in [0.25, 0.3) is 0 Å².